The normalized spacial score (nSPS) is 25.5. The Hall–Kier alpha value is -0.350. The smallest absolute Gasteiger partial charge is 0.236 e. The van der Waals surface area contributed by atoms with Crippen molar-refractivity contribution >= 4 is 33.2 Å². The van der Waals surface area contributed by atoms with Gasteiger partial charge in [0.25, 0.3) is 0 Å². The summed E-state index contributed by atoms with van der Waals surface area (Å²) in [6.45, 7) is 2.82. The van der Waals surface area contributed by atoms with Gasteiger partial charge in [-0.1, -0.05) is 15.9 Å². The van der Waals surface area contributed by atoms with Gasteiger partial charge >= 0.3 is 0 Å². The van der Waals surface area contributed by atoms with E-state index in [1.165, 1.54) is 23.3 Å². The molecule has 1 aromatic rings. The van der Waals surface area contributed by atoms with Crippen molar-refractivity contribution in [1.29, 1.82) is 0 Å². The zero-order valence-corrected chi connectivity index (χ0v) is 12.3. The molecule has 0 spiro atoms. The van der Waals surface area contributed by atoms with Gasteiger partial charge < -0.3 is 4.90 Å². The molecule has 0 aromatic carbocycles. The molecule has 2 nitrogen and oxygen atoms in total. The van der Waals surface area contributed by atoms with Crippen LogP contribution in [0.5, 0.6) is 0 Å². The fourth-order valence-corrected chi connectivity index (χ4v) is 3.92. The molecule has 4 heteroatoms. The predicted molar refractivity (Wildman–Crippen MR) is 73.6 cm³/mol. The summed E-state index contributed by atoms with van der Waals surface area (Å²) in [5.41, 5.74) is 1.42. The Bertz CT molecular complexity index is 438. The summed E-state index contributed by atoms with van der Waals surface area (Å²) in [6, 6.07) is 2.58. The van der Waals surface area contributed by atoms with Crippen molar-refractivity contribution < 1.29 is 4.79 Å². The molecular formula is C13H16BrNOS. The minimum atomic E-state index is -0.0658. The van der Waals surface area contributed by atoms with Crippen LogP contribution in [0.2, 0.25) is 0 Å². The zero-order chi connectivity index (χ0) is 12.0. The number of carbonyl (C=O) groups excluding carboxylic acids is 1. The molecule has 2 unspecified atom stereocenters. The van der Waals surface area contributed by atoms with Gasteiger partial charge in [0, 0.05) is 11.4 Å². The van der Waals surface area contributed by atoms with Gasteiger partial charge in [-0.05, 0) is 49.1 Å². The number of halogens is 1. The van der Waals surface area contributed by atoms with Gasteiger partial charge in [0.15, 0.2) is 0 Å². The van der Waals surface area contributed by atoms with Gasteiger partial charge in [-0.15, -0.1) is 11.3 Å². The lowest BCUT2D eigenvalue weighted by Gasteiger charge is -2.37. The molecule has 3 rings (SSSR count). The molecule has 1 fully saturated rings. The molecule has 1 aliphatic heterocycles. The van der Waals surface area contributed by atoms with Crippen LogP contribution >= 0.6 is 27.3 Å². The predicted octanol–water partition coefficient (Wildman–Crippen LogP) is 3.37. The largest absolute Gasteiger partial charge is 0.334 e. The number of hydrogen-bond donors (Lipinski definition) is 0. The van der Waals surface area contributed by atoms with Gasteiger partial charge in [-0.25, -0.2) is 0 Å². The third-order valence-electron chi connectivity index (χ3n) is 3.71. The number of hydrogen-bond acceptors (Lipinski definition) is 2. The minimum Gasteiger partial charge on any atom is -0.334 e. The van der Waals surface area contributed by atoms with Crippen molar-refractivity contribution in [2.24, 2.45) is 5.92 Å². The summed E-state index contributed by atoms with van der Waals surface area (Å²) >= 11 is 5.26. The van der Waals surface area contributed by atoms with Crippen molar-refractivity contribution in [1.82, 2.24) is 4.90 Å². The highest BCUT2D eigenvalue weighted by Crippen LogP contribution is 2.48. The van der Waals surface area contributed by atoms with Crippen LogP contribution in [-0.2, 0) is 11.2 Å². The Kier molecular flexibility index (Phi) is 3.03. The first kappa shape index (κ1) is 11.7. The number of amides is 1. The van der Waals surface area contributed by atoms with Gasteiger partial charge in [-0.2, -0.15) is 0 Å². The van der Waals surface area contributed by atoms with Crippen LogP contribution in [0.4, 0.5) is 0 Å². The van der Waals surface area contributed by atoms with Crippen LogP contribution in [0.15, 0.2) is 11.4 Å². The number of rotatable bonds is 2. The summed E-state index contributed by atoms with van der Waals surface area (Å²) < 4.78 is 0. The van der Waals surface area contributed by atoms with E-state index in [-0.39, 0.29) is 10.7 Å². The molecule has 1 amide bonds. The fourth-order valence-electron chi connectivity index (χ4n) is 2.74. The lowest BCUT2D eigenvalue weighted by atomic mass is 9.95. The van der Waals surface area contributed by atoms with E-state index in [2.05, 4.69) is 32.3 Å². The van der Waals surface area contributed by atoms with E-state index in [1.807, 2.05) is 18.3 Å². The molecule has 92 valence electrons. The first-order valence-electron chi connectivity index (χ1n) is 6.19. The first-order chi connectivity index (χ1) is 8.18. The SMILES string of the molecule is CC(Br)C(=O)N1CCc2sccc2C1C1CC1. The average Bonchev–Trinajstić information content (AvgIpc) is 3.03. The van der Waals surface area contributed by atoms with Crippen LogP contribution < -0.4 is 0 Å². The van der Waals surface area contributed by atoms with E-state index in [9.17, 15) is 4.79 Å². The van der Waals surface area contributed by atoms with Crippen molar-refractivity contribution in [3.8, 4) is 0 Å². The van der Waals surface area contributed by atoms with Crippen molar-refractivity contribution in [3.05, 3.63) is 21.9 Å². The highest BCUT2D eigenvalue weighted by molar-refractivity contribution is 9.10. The molecule has 2 atom stereocenters. The van der Waals surface area contributed by atoms with Gasteiger partial charge in [0.1, 0.15) is 0 Å². The standard InChI is InChI=1S/C13H16BrNOS/c1-8(14)13(16)15-6-4-11-10(5-7-17-11)12(15)9-2-3-9/h5,7-9,12H,2-4,6H2,1H3. The van der Waals surface area contributed by atoms with Gasteiger partial charge in [0.2, 0.25) is 5.91 Å². The van der Waals surface area contributed by atoms with E-state index >= 15 is 0 Å². The Labute approximate surface area is 114 Å². The second kappa shape index (κ2) is 4.39. The number of carbonyl (C=O) groups is 1. The van der Waals surface area contributed by atoms with Crippen LogP contribution in [0.25, 0.3) is 0 Å². The molecule has 2 aliphatic rings. The summed E-state index contributed by atoms with van der Waals surface area (Å²) in [4.78, 5) is 15.8. The maximum Gasteiger partial charge on any atom is 0.236 e. The summed E-state index contributed by atoms with van der Waals surface area (Å²) in [7, 11) is 0. The van der Waals surface area contributed by atoms with Crippen LogP contribution in [0.1, 0.15) is 36.2 Å². The lowest BCUT2D eigenvalue weighted by Crippen LogP contribution is -2.43. The molecular weight excluding hydrogens is 298 g/mol. The Balaban J connectivity index is 1.93. The Morgan fingerprint density at radius 2 is 2.35 bits per heavy atom. The second-order valence-electron chi connectivity index (χ2n) is 4.98. The molecule has 1 aromatic heterocycles. The monoisotopic (exact) mass is 313 g/mol. The maximum atomic E-state index is 12.3. The lowest BCUT2D eigenvalue weighted by molar-refractivity contribution is -0.133. The number of nitrogens with zero attached hydrogens (tertiary/aromatic N) is 1. The molecule has 2 heterocycles. The summed E-state index contributed by atoms with van der Waals surface area (Å²) in [5.74, 6) is 0.956. The van der Waals surface area contributed by atoms with Gasteiger partial charge in [0.05, 0.1) is 10.9 Å². The third-order valence-corrected chi connectivity index (χ3v) is 5.09. The molecule has 0 bridgehead atoms. The van der Waals surface area contributed by atoms with Crippen molar-refractivity contribution in [2.45, 2.75) is 37.1 Å². The van der Waals surface area contributed by atoms with Crippen molar-refractivity contribution in [3.63, 3.8) is 0 Å². The Morgan fingerprint density at radius 3 is 3.00 bits per heavy atom. The molecule has 1 saturated carbocycles. The molecule has 0 saturated heterocycles. The summed E-state index contributed by atoms with van der Waals surface area (Å²) in [5, 5.41) is 2.17. The highest BCUT2D eigenvalue weighted by atomic mass is 79.9. The van der Waals surface area contributed by atoms with E-state index < -0.39 is 0 Å². The van der Waals surface area contributed by atoms with E-state index in [0.29, 0.717) is 12.0 Å². The van der Waals surface area contributed by atoms with E-state index in [1.54, 1.807) is 0 Å². The zero-order valence-electron chi connectivity index (χ0n) is 9.86. The number of thiophene rings is 1. The highest BCUT2D eigenvalue weighted by Gasteiger charge is 2.42. The molecule has 0 radical (unpaired) electrons. The number of fused-ring (bicyclic) bond motifs is 1. The van der Waals surface area contributed by atoms with Gasteiger partial charge in [-0.3, -0.25) is 4.79 Å². The average molecular weight is 314 g/mol. The maximum absolute atomic E-state index is 12.3. The third kappa shape index (κ3) is 2.06. The first-order valence-corrected chi connectivity index (χ1v) is 7.99. The van der Waals surface area contributed by atoms with E-state index in [0.717, 1.165) is 13.0 Å². The topological polar surface area (TPSA) is 20.3 Å². The van der Waals surface area contributed by atoms with Crippen LogP contribution in [-0.4, -0.2) is 22.2 Å². The quantitative estimate of drug-likeness (QED) is 0.767. The minimum absolute atomic E-state index is 0.0658. The van der Waals surface area contributed by atoms with Crippen molar-refractivity contribution in [2.75, 3.05) is 6.54 Å². The second-order valence-corrected chi connectivity index (χ2v) is 7.35. The van der Waals surface area contributed by atoms with Crippen LogP contribution in [0.3, 0.4) is 0 Å². The summed E-state index contributed by atoms with van der Waals surface area (Å²) in [6.07, 6.45) is 3.59. The number of alkyl halides is 1. The van der Waals surface area contributed by atoms with E-state index in [4.69, 9.17) is 0 Å². The molecule has 0 N–H and O–H groups in total. The molecule has 1 aliphatic carbocycles. The van der Waals surface area contributed by atoms with Crippen LogP contribution in [0, 0.1) is 5.92 Å². The fraction of sp³-hybridized carbons (Fsp3) is 0.615. The Morgan fingerprint density at radius 1 is 1.59 bits per heavy atom. The molecule has 17 heavy (non-hydrogen) atoms.